The average Bonchev–Trinajstić information content (AvgIpc) is 3.30. The molecule has 2 heteroatoms. The van der Waals surface area contributed by atoms with Gasteiger partial charge in [0.05, 0.1) is 0 Å². The number of benzene rings is 2. The number of nitrogens with one attached hydrogen (secondary N) is 1. The van der Waals surface area contributed by atoms with E-state index in [0.29, 0.717) is 0 Å². The highest BCUT2D eigenvalue weighted by atomic mass is 19.1. The summed E-state index contributed by atoms with van der Waals surface area (Å²) < 4.78 is 13.7. The van der Waals surface area contributed by atoms with E-state index in [2.05, 4.69) is 29.6 Å². The summed E-state index contributed by atoms with van der Waals surface area (Å²) in [6.07, 6.45) is 2.64. The molecule has 1 atom stereocenters. The fourth-order valence-corrected chi connectivity index (χ4v) is 2.58. The molecule has 0 aromatic heterocycles. The molecule has 104 valence electrons. The number of hydrogen-bond donors (Lipinski definition) is 1. The van der Waals surface area contributed by atoms with Gasteiger partial charge in [0.15, 0.2) is 0 Å². The molecule has 1 aliphatic carbocycles. The highest BCUT2D eigenvalue weighted by Gasteiger charge is 2.23. The van der Waals surface area contributed by atoms with Gasteiger partial charge in [0.2, 0.25) is 0 Å². The summed E-state index contributed by atoms with van der Waals surface area (Å²) in [4.78, 5) is 0. The highest BCUT2D eigenvalue weighted by molar-refractivity contribution is 5.29. The zero-order chi connectivity index (χ0) is 13.9. The third-order valence-electron chi connectivity index (χ3n) is 3.98. The van der Waals surface area contributed by atoms with Crippen LogP contribution in [0.3, 0.4) is 0 Å². The third kappa shape index (κ3) is 3.07. The zero-order valence-electron chi connectivity index (χ0n) is 11.8. The maximum Gasteiger partial charge on any atom is 0.127 e. The van der Waals surface area contributed by atoms with Crippen LogP contribution in [0.5, 0.6) is 0 Å². The molecule has 1 unspecified atom stereocenters. The van der Waals surface area contributed by atoms with Gasteiger partial charge >= 0.3 is 0 Å². The lowest BCUT2D eigenvalue weighted by Crippen LogP contribution is -2.19. The second-order valence-corrected chi connectivity index (χ2v) is 5.64. The number of rotatable bonds is 5. The van der Waals surface area contributed by atoms with Gasteiger partial charge in [-0.1, -0.05) is 42.5 Å². The van der Waals surface area contributed by atoms with Crippen LogP contribution in [0.25, 0.3) is 0 Å². The van der Waals surface area contributed by atoms with Crippen molar-refractivity contribution >= 4 is 0 Å². The Bertz CT molecular complexity index is 589. The molecule has 0 radical (unpaired) electrons. The van der Waals surface area contributed by atoms with Crippen LogP contribution in [-0.2, 0) is 6.54 Å². The highest BCUT2D eigenvalue weighted by Crippen LogP contribution is 2.40. The van der Waals surface area contributed by atoms with E-state index in [4.69, 9.17) is 0 Å². The maximum absolute atomic E-state index is 13.7. The normalized spacial score (nSPS) is 16.1. The molecule has 0 spiro atoms. The summed E-state index contributed by atoms with van der Waals surface area (Å²) >= 11 is 0. The lowest BCUT2D eigenvalue weighted by Gasteiger charge is -2.15. The van der Waals surface area contributed by atoms with E-state index in [1.807, 2.05) is 19.1 Å². The van der Waals surface area contributed by atoms with E-state index >= 15 is 0 Å². The summed E-state index contributed by atoms with van der Waals surface area (Å²) in [7, 11) is 0. The Morgan fingerprint density at radius 1 is 1.15 bits per heavy atom. The van der Waals surface area contributed by atoms with E-state index < -0.39 is 0 Å². The predicted molar refractivity (Wildman–Crippen MR) is 80.1 cm³/mol. The number of halogens is 1. The van der Waals surface area contributed by atoms with Crippen molar-refractivity contribution in [1.29, 1.82) is 0 Å². The van der Waals surface area contributed by atoms with Gasteiger partial charge in [0, 0.05) is 18.2 Å². The first-order valence-corrected chi connectivity index (χ1v) is 7.30. The van der Waals surface area contributed by atoms with E-state index in [-0.39, 0.29) is 11.9 Å². The SMILES string of the molecule is CC(NCc1cccc(C2CC2)c1)c1ccccc1F. The van der Waals surface area contributed by atoms with Crippen LogP contribution < -0.4 is 5.32 Å². The van der Waals surface area contributed by atoms with Gasteiger partial charge in [-0.2, -0.15) is 0 Å². The average molecular weight is 269 g/mol. The topological polar surface area (TPSA) is 12.0 Å². The number of hydrogen-bond acceptors (Lipinski definition) is 1. The molecule has 2 aromatic rings. The van der Waals surface area contributed by atoms with E-state index in [0.717, 1.165) is 18.0 Å². The summed E-state index contributed by atoms with van der Waals surface area (Å²) in [5.41, 5.74) is 3.45. The molecule has 20 heavy (non-hydrogen) atoms. The monoisotopic (exact) mass is 269 g/mol. The van der Waals surface area contributed by atoms with Crippen molar-refractivity contribution in [2.75, 3.05) is 0 Å². The molecular formula is C18H20FN. The van der Waals surface area contributed by atoms with Gasteiger partial charge in [-0.3, -0.25) is 0 Å². The van der Waals surface area contributed by atoms with Gasteiger partial charge < -0.3 is 5.32 Å². The largest absolute Gasteiger partial charge is 0.306 e. The molecule has 0 saturated heterocycles. The summed E-state index contributed by atoms with van der Waals surface area (Å²) in [6, 6.07) is 15.7. The molecule has 1 fully saturated rings. The molecule has 0 aliphatic heterocycles. The minimum atomic E-state index is -0.140. The van der Waals surface area contributed by atoms with Crippen molar-refractivity contribution in [3.8, 4) is 0 Å². The lowest BCUT2D eigenvalue weighted by molar-refractivity contribution is 0.528. The summed E-state index contributed by atoms with van der Waals surface area (Å²) in [5.74, 6) is 0.637. The van der Waals surface area contributed by atoms with Crippen LogP contribution in [0.2, 0.25) is 0 Å². The molecule has 0 amide bonds. The molecule has 0 bridgehead atoms. The van der Waals surface area contributed by atoms with Gasteiger partial charge in [-0.25, -0.2) is 4.39 Å². The Morgan fingerprint density at radius 3 is 2.70 bits per heavy atom. The fraction of sp³-hybridized carbons (Fsp3) is 0.333. The first kappa shape index (κ1) is 13.3. The van der Waals surface area contributed by atoms with Gasteiger partial charge in [0.25, 0.3) is 0 Å². The van der Waals surface area contributed by atoms with Crippen molar-refractivity contribution in [3.63, 3.8) is 0 Å². The first-order chi connectivity index (χ1) is 9.74. The summed E-state index contributed by atoms with van der Waals surface area (Å²) in [6.45, 7) is 2.78. The van der Waals surface area contributed by atoms with E-state index in [1.165, 1.54) is 30.0 Å². The smallest absolute Gasteiger partial charge is 0.127 e. The van der Waals surface area contributed by atoms with Crippen LogP contribution in [0.1, 0.15) is 48.4 Å². The van der Waals surface area contributed by atoms with Gasteiger partial charge in [0.1, 0.15) is 5.82 Å². The molecule has 3 rings (SSSR count). The second kappa shape index (κ2) is 5.76. The molecule has 1 saturated carbocycles. The maximum atomic E-state index is 13.7. The molecule has 2 aromatic carbocycles. The predicted octanol–water partition coefficient (Wildman–Crippen LogP) is 4.55. The van der Waals surface area contributed by atoms with E-state index in [1.54, 1.807) is 6.07 Å². The van der Waals surface area contributed by atoms with E-state index in [9.17, 15) is 4.39 Å². The van der Waals surface area contributed by atoms with Crippen molar-refractivity contribution in [2.24, 2.45) is 0 Å². The van der Waals surface area contributed by atoms with Crippen molar-refractivity contribution < 1.29 is 4.39 Å². The second-order valence-electron chi connectivity index (χ2n) is 5.64. The lowest BCUT2D eigenvalue weighted by atomic mass is 10.1. The van der Waals surface area contributed by atoms with Crippen LogP contribution >= 0.6 is 0 Å². The molecular weight excluding hydrogens is 249 g/mol. The van der Waals surface area contributed by atoms with Crippen LogP contribution in [0.4, 0.5) is 4.39 Å². The minimum Gasteiger partial charge on any atom is -0.306 e. The van der Waals surface area contributed by atoms with Crippen LogP contribution in [0.15, 0.2) is 48.5 Å². The third-order valence-corrected chi connectivity index (χ3v) is 3.98. The Labute approximate surface area is 119 Å². The Morgan fingerprint density at radius 2 is 1.95 bits per heavy atom. The molecule has 0 heterocycles. The molecule has 1 aliphatic rings. The molecule has 1 nitrogen and oxygen atoms in total. The zero-order valence-corrected chi connectivity index (χ0v) is 11.8. The fourth-order valence-electron chi connectivity index (χ4n) is 2.58. The van der Waals surface area contributed by atoms with Crippen LogP contribution in [0, 0.1) is 5.82 Å². The Kier molecular flexibility index (Phi) is 3.83. The Balaban J connectivity index is 1.64. The minimum absolute atomic E-state index is 0.0146. The Hall–Kier alpha value is -1.67. The van der Waals surface area contributed by atoms with Gasteiger partial charge in [-0.15, -0.1) is 0 Å². The van der Waals surface area contributed by atoms with Crippen molar-refractivity contribution in [3.05, 3.63) is 71.0 Å². The summed E-state index contributed by atoms with van der Waals surface area (Å²) in [5, 5.41) is 3.40. The molecule has 1 N–H and O–H groups in total. The van der Waals surface area contributed by atoms with Crippen molar-refractivity contribution in [1.82, 2.24) is 5.32 Å². The van der Waals surface area contributed by atoms with Crippen molar-refractivity contribution in [2.45, 2.75) is 38.3 Å². The van der Waals surface area contributed by atoms with Gasteiger partial charge in [-0.05, 0) is 42.9 Å². The standard InChI is InChI=1S/C18H20FN/c1-13(17-7-2-3-8-18(17)19)20-12-14-5-4-6-16(11-14)15-9-10-15/h2-8,11,13,15,20H,9-10,12H2,1H3. The van der Waals surface area contributed by atoms with Crippen LogP contribution in [-0.4, -0.2) is 0 Å². The quantitative estimate of drug-likeness (QED) is 0.839. The first-order valence-electron chi connectivity index (χ1n) is 7.30.